The first-order valence-corrected chi connectivity index (χ1v) is 6.65. The molecule has 0 saturated carbocycles. The Morgan fingerprint density at radius 2 is 1.84 bits per heavy atom. The molecule has 0 nitrogen and oxygen atoms in total. The molecule has 3 heteroatoms. The fourth-order valence-electron chi connectivity index (χ4n) is 2.06. The van der Waals surface area contributed by atoms with Gasteiger partial charge in [0.05, 0.1) is 5.02 Å². The first-order valence-electron chi connectivity index (χ1n) is 6.28. The van der Waals surface area contributed by atoms with E-state index in [1.54, 1.807) is 31.2 Å². The van der Waals surface area contributed by atoms with Gasteiger partial charge in [0, 0.05) is 5.56 Å². The minimum atomic E-state index is -0.447. The summed E-state index contributed by atoms with van der Waals surface area (Å²) in [4.78, 5) is 0. The van der Waals surface area contributed by atoms with Gasteiger partial charge in [-0.1, -0.05) is 49.2 Å². The van der Waals surface area contributed by atoms with Crippen molar-refractivity contribution in [3.63, 3.8) is 0 Å². The Hall–Kier alpha value is -1.41. The zero-order valence-electron chi connectivity index (χ0n) is 10.9. The van der Waals surface area contributed by atoms with Crippen molar-refractivity contribution in [2.45, 2.75) is 26.7 Å². The maximum atomic E-state index is 13.9. The lowest BCUT2D eigenvalue weighted by Gasteiger charge is -2.09. The second kappa shape index (κ2) is 5.70. The van der Waals surface area contributed by atoms with Crippen LogP contribution < -0.4 is 0 Å². The summed E-state index contributed by atoms with van der Waals surface area (Å²) < 4.78 is 27.6. The molecule has 0 aliphatic carbocycles. The van der Waals surface area contributed by atoms with Crippen molar-refractivity contribution in [3.05, 3.63) is 58.1 Å². The van der Waals surface area contributed by atoms with Crippen LogP contribution in [-0.4, -0.2) is 0 Å². The second-order valence-electron chi connectivity index (χ2n) is 4.61. The van der Waals surface area contributed by atoms with E-state index in [9.17, 15) is 8.78 Å². The van der Waals surface area contributed by atoms with Crippen LogP contribution in [0.5, 0.6) is 0 Å². The molecule has 2 aromatic carbocycles. The smallest absolute Gasteiger partial charge is 0.145 e. The largest absolute Gasteiger partial charge is 0.207 e. The number of benzene rings is 2. The summed E-state index contributed by atoms with van der Waals surface area (Å²) in [5, 5.41) is 0.0441. The third-order valence-corrected chi connectivity index (χ3v) is 3.53. The normalized spacial score (nSPS) is 10.8. The Morgan fingerprint density at radius 3 is 2.47 bits per heavy atom. The summed E-state index contributed by atoms with van der Waals surface area (Å²) in [5.74, 6) is -0.714. The van der Waals surface area contributed by atoms with E-state index in [0.29, 0.717) is 28.7 Å². The monoisotopic (exact) mass is 280 g/mol. The van der Waals surface area contributed by atoms with Crippen molar-refractivity contribution in [2.24, 2.45) is 0 Å². The molecule has 0 aromatic heterocycles. The van der Waals surface area contributed by atoms with Gasteiger partial charge in [0.1, 0.15) is 11.6 Å². The number of aryl methyl sites for hydroxylation is 2. The first-order chi connectivity index (χ1) is 9.04. The van der Waals surface area contributed by atoms with Crippen LogP contribution in [0.3, 0.4) is 0 Å². The first kappa shape index (κ1) is 14.0. The molecule has 0 amide bonds. The van der Waals surface area contributed by atoms with Gasteiger partial charge < -0.3 is 0 Å². The summed E-state index contributed by atoms with van der Waals surface area (Å²) in [6.07, 6.45) is 1.58. The third-order valence-electron chi connectivity index (χ3n) is 3.16. The summed E-state index contributed by atoms with van der Waals surface area (Å²) in [7, 11) is 0. The molecule has 0 aliphatic heterocycles. The molecule has 0 spiro atoms. The lowest BCUT2D eigenvalue weighted by Crippen LogP contribution is -1.92. The van der Waals surface area contributed by atoms with Crippen LogP contribution in [0.1, 0.15) is 24.5 Å². The molecule has 0 N–H and O–H groups in total. The molecule has 100 valence electrons. The summed E-state index contributed by atoms with van der Waals surface area (Å²) >= 11 is 5.99. The van der Waals surface area contributed by atoms with E-state index in [4.69, 9.17) is 11.6 Å². The molecule has 2 aromatic rings. The molecule has 2 rings (SSSR count). The lowest BCUT2D eigenvalue weighted by molar-refractivity contribution is 0.607. The highest BCUT2D eigenvalue weighted by Crippen LogP contribution is 2.32. The average Bonchev–Trinajstić information content (AvgIpc) is 2.39. The highest BCUT2D eigenvalue weighted by Gasteiger charge is 2.12. The molecule has 0 heterocycles. The van der Waals surface area contributed by atoms with Gasteiger partial charge in [0.2, 0.25) is 0 Å². The molecular weight excluding hydrogens is 266 g/mol. The van der Waals surface area contributed by atoms with Crippen molar-refractivity contribution in [1.29, 1.82) is 0 Å². The summed E-state index contributed by atoms with van der Waals surface area (Å²) in [5.41, 5.74) is 2.28. The standard InChI is InChI=1S/C16H15ClF2/c1-3-4-11-6-7-12(9-14(11)18)13-8-5-10(2)16(19)15(13)17/h5-9H,3-4H2,1-2H3. The minimum absolute atomic E-state index is 0.0441. The molecule has 0 bridgehead atoms. The summed E-state index contributed by atoms with van der Waals surface area (Å²) in [6.45, 7) is 3.65. The van der Waals surface area contributed by atoms with Crippen LogP contribution in [0.25, 0.3) is 11.1 Å². The second-order valence-corrected chi connectivity index (χ2v) is 4.99. The van der Waals surface area contributed by atoms with Crippen molar-refractivity contribution in [2.75, 3.05) is 0 Å². The van der Waals surface area contributed by atoms with E-state index < -0.39 is 5.82 Å². The van der Waals surface area contributed by atoms with Crippen molar-refractivity contribution < 1.29 is 8.78 Å². The molecule has 0 radical (unpaired) electrons. The molecule has 0 unspecified atom stereocenters. The Kier molecular flexibility index (Phi) is 4.20. The molecule has 0 atom stereocenters. The molecule has 0 fully saturated rings. The van der Waals surface area contributed by atoms with Crippen LogP contribution in [0.2, 0.25) is 5.02 Å². The quantitative estimate of drug-likeness (QED) is 0.692. The number of halogens is 3. The number of hydrogen-bond donors (Lipinski definition) is 0. The SMILES string of the molecule is CCCc1ccc(-c2ccc(C)c(F)c2Cl)cc1F. The highest BCUT2D eigenvalue weighted by atomic mass is 35.5. The van der Waals surface area contributed by atoms with Gasteiger partial charge in [-0.15, -0.1) is 0 Å². The number of rotatable bonds is 3. The van der Waals surface area contributed by atoms with E-state index >= 15 is 0 Å². The fraction of sp³-hybridized carbons (Fsp3) is 0.250. The van der Waals surface area contributed by atoms with E-state index in [1.165, 1.54) is 6.07 Å². The maximum absolute atomic E-state index is 13.9. The van der Waals surface area contributed by atoms with Crippen LogP contribution >= 0.6 is 11.6 Å². The van der Waals surface area contributed by atoms with Gasteiger partial charge in [0.15, 0.2) is 0 Å². The minimum Gasteiger partial charge on any atom is -0.207 e. The number of hydrogen-bond acceptors (Lipinski definition) is 0. The lowest BCUT2D eigenvalue weighted by atomic mass is 10.0. The van der Waals surface area contributed by atoms with Crippen molar-refractivity contribution in [1.82, 2.24) is 0 Å². The Bertz CT molecular complexity index is 606. The van der Waals surface area contributed by atoms with E-state index in [0.717, 1.165) is 6.42 Å². The van der Waals surface area contributed by atoms with Crippen LogP contribution in [-0.2, 0) is 6.42 Å². The topological polar surface area (TPSA) is 0 Å². The highest BCUT2D eigenvalue weighted by molar-refractivity contribution is 6.33. The van der Waals surface area contributed by atoms with Crippen LogP contribution in [0.15, 0.2) is 30.3 Å². The van der Waals surface area contributed by atoms with Gasteiger partial charge in [-0.25, -0.2) is 8.78 Å². The Labute approximate surface area is 117 Å². The molecule has 0 aliphatic rings. The third kappa shape index (κ3) is 2.79. The maximum Gasteiger partial charge on any atom is 0.145 e. The predicted molar refractivity (Wildman–Crippen MR) is 75.5 cm³/mol. The van der Waals surface area contributed by atoms with Crippen LogP contribution in [0.4, 0.5) is 8.78 Å². The van der Waals surface area contributed by atoms with Crippen molar-refractivity contribution >= 4 is 11.6 Å². The van der Waals surface area contributed by atoms with Gasteiger partial charge in [-0.05, 0) is 36.1 Å². The average molecular weight is 281 g/mol. The van der Waals surface area contributed by atoms with Gasteiger partial charge in [0.25, 0.3) is 0 Å². The van der Waals surface area contributed by atoms with E-state index in [2.05, 4.69) is 0 Å². The van der Waals surface area contributed by atoms with Crippen LogP contribution in [0, 0.1) is 18.6 Å². The zero-order valence-corrected chi connectivity index (χ0v) is 11.7. The van der Waals surface area contributed by atoms with Gasteiger partial charge in [-0.3, -0.25) is 0 Å². The Morgan fingerprint density at radius 1 is 1.11 bits per heavy atom. The van der Waals surface area contributed by atoms with Crippen molar-refractivity contribution in [3.8, 4) is 11.1 Å². The zero-order chi connectivity index (χ0) is 14.0. The fourth-order valence-corrected chi connectivity index (χ4v) is 2.38. The Balaban J connectivity index is 2.48. The molecule has 0 saturated heterocycles. The summed E-state index contributed by atoms with van der Waals surface area (Å²) in [6, 6.07) is 8.30. The predicted octanol–water partition coefficient (Wildman–Crippen LogP) is 5.55. The van der Waals surface area contributed by atoms with E-state index in [-0.39, 0.29) is 10.8 Å². The molecular formula is C16H15ClF2. The van der Waals surface area contributed by atoms with Gasteiger partial charge in [-0.2, -0.15) is 0 Å². The van der Waals surface area contributed by atoms with Gasteiger partial charge >= 0.3 is 0 Å². The molecule has 19 heavy (non-hydrogen) atoms. The van der Waals surface area contributed by atoms with E-state index in [1.807, 2.05) is 6.92 Å².